The van der Waals surface area contributed by atoms with E-state index in [-0.39, 0.29) is 10.8 Å². The lowest BCUT2D eigenvalue weighted by Gasteiger charge is -2.09. The highest BCUT2D eigenvalue weighted by Crippen LogP contribution is 2.23. The van der Waals surface area contributed by atoms with Gasteiger partial charge in [-0.15, -0.1) is 9.19 Å². The molecule has 0 unspecified atom stereocenters. The van der Waals surface area contributed by atoms with Crippen molar-refractivity contribution in [1.29, 1.82) is 0 Å². The van der Waals surface area contributed by atoms with Gasteiger partial charge < -0.3 is 10.1 Å². The highest BCUT2D eigenvalue weighted by molar-refractivity contribution is 7.90. The van der Waals surface area contributed by atoms with Crippen LogP contribution in [0.4, 0.5) is 5.95 Å². The molecule has 0 spiro atoms. The second kappa shape index (κ2) is 8.61. The summed E-state index contributed by atoms with van der Waals surface area (Å²) in [4.78, 5) is 4.63. The molecule has 1 N–H and O–H groups in total. The molecule has 31 heavy (non-hydrogen) atoms. The van der Waals surface area contributed by atoms with E-state index in [1.165, 1.54) is 12.1 Å². The van der Waals surface area contributed by atoms with Crippen LogP contribution >= 0.6 is 0 Å². The van der Waals surface area contributed by atoms with E-state index in [1.54, 1.807) is 25.3 Å². The van der Waals surface area contributed by atoms with Gasteiger partial charge in [0.1, 0.15) is 5.75 Å². The third kappa shape index (κ3) is 4.44. The van der Waals surface area contributed by atoms with Crippen molar-refractivity contribution in [3.8, 4) is 17.1 Å². The van der Waals surface area contributed by atoms with E-state index >= 15 is 0 Å². The molecule has 3 aromatic carbocycles. The minimum Gasteiger partial charge on any atom is -0.497 e. The van der Waals surface area contributed by atoms with Crippen LogP contribution in [0.3, 0.4) is 0 Å². The molecule has 0 aliphatic heterocycles. The molecule has 1 aromatic heterocycles. The summed E-state index contributed by atoms with van der Waals surface area (Å²) in [6.45, 7) is 2.36. The number of ether oxygens (including phenoxy) is 1. The van der Waals surface area contributed by atoms with E-state index in [0.29, 0.717) is 12.4 Å². The molecule has 0 saturated heterocycles. The molecule has 158 valence electrons. The van der Waals surface area contributed by atoms with Crippen molar-refractivity contribution in [2.75, 3.05) is 12.4 Å². The Morgan fingerprint density at radius 1 is 0.935 bits per heavy atom. The molecule has 0 amide bonds. The molecule has 8 heteroatoms. The summed E-state index contributed by atoms with van der Waals surface area (Å²) in [5.74, 6) is 1.23. The summed E-state index contributed by atoms with van der Waals surface area (Å²) >= 11 is 0. The number of nitrogens with one attached hydrogen (secondary N) is 1. The van der Waals surface area contributed by atoms with Gasteiger partial charge in [0, 0.05) is 12.1 Å². The van der Waals surface area contributed by atoms with Crippen LogP contribution in [-0.2, 0) is 16.6 Å². The van der Waals surface area contributed by atoms with Crippen LogP contribution in [0.5, 0.6) is 5.75 Å². The van der Waals surface area contributed by atoms with Gasteiger partial charge in [0.25, 0.3) is 10.0 Å². The van der Waals surface area contributed by atoms with E-state index in [2.05, 4.69) is 15.4 Å². The quantitative estimate of drug-likeness (QED) is 0.471. The van der Waals surface area contributed by atoms with Crippen molar-refractivity contribution in [2.24, 2.45) is 0 Å². The summed E-state index contributed by atoms with van der Waals surface area (Å²) in [5, 5.41) is 7.45. The first-order chi connectivity index (χ1) is 15.0. The van der Waals surface area contributed by atoms with Crippen molar-refractivity contribution in [1.82, 2.24) is 14.2 Å². The lowest BCUT2D eigenvalue weighted by atomic mass is 10.1. The largest absolute Gasteiger partial charge is 0.497 e. The second-order valence-electron chi connectivity index (χ2n) is 6.99. The molecule has 4 rings (SSSR count). The van der Waals surface area contributed by atoms with Gasteiger partial charge in [0.15, 0.2) is 5.82 Å². The maximum absolute atomic E-state index is 13.3. The van der Waals surface area contributed by atoms with Gasteiger partial charge in [-0.2, -0.15) is 13.4 Å². The molecule has 0 radical (unpaired) electrons. The highest BCUT2D eigenvalue weighted by Gasteiger charge is 2.24. The fourth-order valence-corrected chi connectivity index (χ4v) is 4.23. The maximum atomic E-state index is 13.3. The number of aryl methyl sites for hydroxylation is 1. The standard InChI is InChI=1S/C23H22N4O3S/c1-17-8-12-19(13-9-17)22-25-23(24-16-18-10-14-20(30-2)15-11-18)27(26-22)31(28,29)21-6-4-3-5-7-21/h3-15H,16H2,1-2H3,(H,24,25,26). The van der Waals surface area contributed by atoms with Gasteiger partial charge in [-0.3, -0.25) is 0 Å². The Balaban J connectivity index is 1.71. The van der Waals surface area contributed by atoms with E-state index in [1.807, 2.05) is 55.5 Å². The zero-order chi connectivity index (χ0) is 21.8. The summed E-state index contributed by atoms with van der Waals surface area (Å²) in [5.41, 5.74) is 2.78. The normalized spacial score (nSPS) is 11.3. The minimum atomic E-state index is -3.92. The van der Waals surface area contributed by atoms with Gasteiger partial charge in [-0.05, 0) is 36.8 Å². The number of aromatic nitrogens is 3. The Morgan fingerprint density at radius 3 is 2.26 bits per heavy atom. The third-order valence-corrected chi connectivity index (χ3v) is 6.34. The molecule has 0 fully saturated rings. The predicted molar refractivity (Wildman–Crippen MR) is 120 cm³/mol. The van der Waals surface area contributed by atoms with Crippen LogP contribution in [0.2, 0.25) is 0 Å². The van der Waals surface area contributed by atoms with Crippen molar-refractivity contribution in [3.05, 3.63) is 90.0 Å². The first-order valence-corrected chi connectivity index (χ1v) is 11.1. The van der Waals surface area contributed by atoms with E-state index in [4.69, 9.17) is 4.74 Å². The zero-order valence-electron chi connectivity index (χ0n) is 17.2. The molecule has 0 atom stereocenters. The highest BCUT2D eigenvalue weighted by atomic mass is 32.2. The Hall–Kier alpha value is -3.65. The first kappa shape index (κ1) is 20.6. The second-order valence-corrected chi connectivity index (χ2v) is 8.76. The molecular formula is C23H22N4O3S. The van der Waals surface area contributed by atoms with Gasteiger partial charge in [0.2, 0.25) is 5.95 Å². The Labute approximate surface area is 181 Å². The summed E-state index contributed by atoms with van der Waals surface area (Å²) < 4.78 is 32.6. The lowest BCUT2D eigenvalue weighted by molar-refractivity contribution is 0.414. The van der Waals surface area contributed by atoms with Crippen molar-refractivity contribution < 1.29 is 13.2 Å². The SMILES string of the molecule is COc1ccc(CNc2nc(-c3ccc(C)cc3)nn2S(=O)(=O)c2ccccc2)cc1. The van der Waals surface area contributed by atoms with Crippen molar-refractivity contribution >= 4 is 16.0 Å². The summed E-state index contributed by atoms with van der Waals surface area (Å²) in [6.07, 6.45) is 0. The number of methoxy groups -OCH3 is 1. The predicted octanol–water partition coefficient (Wildman–Crippen LogP) is 4.11. The van der Waals surface area contributed by atoms with Crippen LogP contribution in [0.25, 0.3) is 11.4 Å². The monoisotopic (exact) mass is 434 g/mol. The molecule has 7 nitrogen and oxygen atoms in total. The molecule has 0 aliphatic carbocycles. The molecule has 4 aromatic rings. The zero-order valence-corrected chi connectivity index (χ0v) is 18.0. The van der Waals surface area contributed by atoms with Crippen LogP contribution < -0.4 is 10.1 Å². The number of rotatable bonds is 7. The van der Waals surface area contributed by atoms with E-state index in [0.717, 1.165) is 26.5 Å². The van der Waals surface area contributed by atoms with Crippen molar-refractivity contribution in [2.45, 2.75) is 18.4 Å². The molecule has 0 aliphatic rings. The Morgan fingerprint density at radius 2 is 1.61 bits per heavy atom. The van der Waals surface area contributed by atoms with Crippen molar-refractivity contribution in [3.63, 3.8) is 0 Å². The summed E-state index contributed by atoms with van der Waals surface area (Å²) in [6, 6.07) is 23.3. The van der Waals surface area contributed by atoms with Gasteiger partial charge in [-0.1, -0.05) is 60.2 Å². The molecule has 1 heterocycles. The van der Waals surface area contributed by atoms with Gasteiger partial charge in [0.05, 0.1) is 12.0 Å². The first-order valence-electron chi connectivity index (χ1n) is 9.69. The number of hydrogen-bond donors (Lipinski definition) is 1. The number of nitrogens with zero attached hydrogens (tertiary/aromatic N) is 3. The smallest absolute Gasteiger partial charge is 0.286 e. The molecular weight excluding hydrogens is 412 g/mol. The average molecular weight is 435 g/mol. The topological polar surface area (TPSA) is 86.1 Å². The van der Waals surface area contributed by atoms with E-state index < -0.39 is 10.0 Å². The minimum absolute atomic E-state index is 0.142. The van der Waals surface area contributed by atoms with Gasteiger partial charge in [-0.25, -0.2) is 0 Å². The van der Waals surface area contributed by atoms with E-state index in [9.17, 15) is 8.42 Å². The van der Waals surface area contributed by atoms with Crippen LogP contribution in [0.1, 0.15) is 11.1 Å². The molecule has 0 bridgehead atoms. The third-order valence-electron chi connectivity index (χ3n) is 4.77. The van der Waals surface area contributed by atoms with Crippen LogP contribution in [-0.4, -0.2) is 29.7 Å². The summed E-state index contributed by atoms with van der Waals surface area (Å²) in [7, 11) is -2.31. The Bertz CT molecular complexity index is 1270. The van der Waals surface area contributed by atoms with Crippen LogP contribution in [0.15, 0.2) is 83.8 Å². The fourth-order valence-electron chi connectivity index (χ4n) is 3.02. The fraction of sp³-hybridized carbons (Fsp3) is 0.130. The Kier molecular flexibility index (Phi) is 5.73. The lowest BCUT2D eigenvalue weighted by Crippen LogP contribution is -2.18. The molecule has 0 saturated carbocycles. The van der Waals surface area contributed by atoms with Gasteiger partial charge >= 0.3 is 0 Å². The maximum Gasteiger partial charge on any atom is 0.286 e. The number of hydrogen-bond acceptors (Lipinski definition) is 6. The number of benzene rings is 3. The number of anilines is 1. The van der Waals surface area contributed by atoms with Crippen LogP contribution in [0, 0.1) is 6.92 Å². The average Bonchev–Trinajstić information content (AvgIpc) is 3.24.